The number of esters is 1. The van der Waals surface area contributed by atoms with Crippen molar-refractivity contribution in [1.29, 1.82) is 0 Å². The fourth-order valence-electron chi connectivity index (χ4n) is 2.53. The molecule has 4 heteroatoms. The zero-order valence-electron chi connectivity index (χ0n) is 12.2. The average molecular weight is 293 g/mol. The quantitative estimate of drug-likeness (QED) is 0.421. The fourth-order valence-corrected chi connectivity index (χ4v) is 2.53. The van der Waals surface area contributed by atoms with Crippen molar-refractivity contribution in [3.63, 3.8) is 0 Å². The van der Waals surface area contributed by atoms with E-state index >= 15 is 0 Å². The highest BCUT2D eigenvalue weighted by molar-refractivity contribution is 5.97. The predicted molar refractivity (Wildman–Crippen MR) is 83.7 cm³/mol. The van der Waals surface area contributed by atoms with Gasteiger partial charge >= 0.3 is 12.4 Å². The van der Waals surface area contributed by atoms with E-state index in [4.69, 9.17) is 0 Å². The van der Waals surface area contributed by atoms with Crippen LogP contribution in [0.3, 0.4) is 0 Å². The summed E-state index contributed by atoms with van der Waals surface area (Å²) in [5, 5.41) is 0.937. The first-order valence-electron chi connectivity index (χ1n) is 6.97. The molecule has 2 aromatic carbocycles. The Hall–Kier alpha value is -2.88. The van der Waals surface area contributed by atoms with Crippen molar-refractivity contribution in [1.82, 2.24) is 4.57 Å². The van der Waals surface area contributed by atoms with Gasteiger partial charge in [-0.2, -0.15) is 0 Å². The summed E-state index contributed by atoms with van der Waals surface area (Å²) in [6, 6.07) is 17.6. The largest absolute Gasteiger partial charge is 0.391 e. The molecule has 0 fully saturated rings. The van der Waals surface area contributed by atoms with Gasteiger partial charge in [0.25, 0.3) is 0 Å². The Balaban J connectivity index is 2.08. The van der Waals surface area contributed by atoms with Crippen molar-refractivity contribution in [3.05, 3.63) is 71.4 Å². The lowest BCUT2D eigenvalue weighted by molar-refractivity contribution is -0.123. The van der Waals surface area contributed by atoms with E-state index in [-0.39, 0.29) is 6.47 Å². The Kier molecular flexibility index (Phi) is 3.74. The molecule has 0 saturated carbocycles. The lowest BCUT2D eigenvalue weighted by atomic mass is 10.1. The maximum Gasteiger partial charge on any atom is 0.362 e. The third-order valence-corrected chi connectivity index (χ3v) is 3.64. The van der Waals surface area contributed by atoms with E-state index in [0.717, 1.165) is 16.5 Å². The van der Waals surface area contributed by atoms with Crippen molar-refractivity contribution >= 4 is 23.3 Å². The number of para-hydroxylation sites is 1. The Morgan fingerprint density at radius 3 is 2.59 bits per heavy atom. The number of carbonyl (C=O) groups excluding carboxylic acids is 2. The van der Waals surface area contributed by atoms with Gasteiger partial charge in [-0.1, -0.05) is 48.0 Å². The molecule has 0 N–H and O–H groups in total. The summed E-state index contributed by atoms with van der Waals surface area (Å²) in [5.41, 5.74) is 3.56. The minimum atomic E-state index is -0.640. The maximum atomic E-state index is 12.0. The van der Waals surface area contributed by atoms with Crippen molar-refractivity contribution in [2.75, 3.05) is 0 Å². The van der Waals surface area contributed by atoms with Crippen molar-refractivity contribution in [2.45, 2.75) is 13.5 Å². The highest BCUT2D eigenvalue weighted by Crippen LogP contribution is 2.22. The number of rotatable bonds is 4. The molecule has 0 saturated heterocycles. The molecule has 1 heterocycles. The highest BCUT2D eigenvalue weighted by atomic mass is 16.6. The average Bonchev–Trinajstić information content (AvgIpc) is 2.89. The highest BCUT2D eigenvalue weighted by Gasteiger charge is 2.16. The molecule has 22 heavy (non-hydrogen) atoms. The maximum absolute atomic E-state index is 12.0. The van der Waals surface area contributed by atoms with Gasteiger partial charge in [-0.25, -0.2) is 4.79 Å². The lowest BCUT2D eigenvalue weighted by Gasteiger charge is -2.09. The van der Waals surface area contributed by atoms with Gasteiger partial charge < -0.3 is 9.30 Å². The van der Waals surface area contributed by atoms with Gasteiger partial charge in [0.2, 0.25) is 0 Å². The van der Waals surface area contributed by atoms with E-state index in [1.165, 1.54) is 5.56 Å². The van der Waals surface area contributed by atoms with Crippen LogP contribution in [0.25, 0.3) is 10.9 Å². The Labute approximate surface area is 127 Å². The molecule has 1 aromatic heterocycles. The molecular weight excluding hydrogens is 278 g/mol. The number of aromatic nitrogens is 1. The molecule has 0 spiro atoms. The van der Waals surface area contributed by atoms with Crippen molar-refractivity contribution < 1.29 is 14.3 Å². The van der Waals surface area contributed by atoms with Gasteiger partial charge in [-0.05, 0) is 24.6 Å². The standard InChI is InChI=1S/C18H15NO3/c1-13-6-8-14(9-7-13)11-19-16-5-3-2-4-15(16)10-17(19)18(21)22-12-20/h2-10,12H,11H2,1H3. The van der Waals surface area contributed by atoms with Crippen LogP contribution in [0.2, 0.25) is 0 Å². The smallest absolute Gasteiger partial charge is 0.362 e. The van der Waals surface area contributed by atoms with Gasteiger partial charge in [0.05, 0.1) is 0 Å². The second-order valence-corrected chi connectivity index (χ2v) is 5.16. The summed E-state index contributed by atoms with van der Waals surface area (Å²) in [6.07, 6.45) is 0. The summed E-state index contributed by atoms with van der Waals surface area (Å²) in [7, 11) is 0. The minimum Gasteiger partial charge on any atom is -0.391 e. The topological polar surface area (TPSA) is 48.3 Å². The zero-order valence-corrected chi connectivity index (χ0v) is 12.2. The van der Waals surface area contributed by atoms with E-state index in [1.807, 2.05) is 60.0 Å². The van der Waals surface area contributed by atoms with E-state index < -0.39 is 5.97 Å². The molecule has 0 atom stereocenters. The number of carbonyl (C=O) groups is 2. The summed E-state index contributed by atoms with van der Waals surface area (Å²) < 4.78 is 6.38. The molecule has 0 radical (unpaired) electrons. The first-order valence-corrected chi connectivity index (χ1v) is 6.97. The number of fused-ring (bicyclic) bond motifs is 1. The second-order valence-electron chi connectivity index (χ2n) is 5.16. The second kappa shape index (κ2) is 5.85. The normalized spacial score (nSPS) is 10.6. The SMILES string of the molecule is Cc1ccc(Cn2c(C(=O)OC=O)cc3ccccc32)cc1. The van der Waals surface area contributed by atoms with Crippen molar-refractivity contribution in [2.24, 2.45) is 0 Å². The van der Waals surface area contributed by atoms with Crippen LogP contribution in [-0.2, 0) is 16.1 Å². The minimum absolute atomic E-state index is 0.163. The number of nitrogens with zero attached hydrogens (tertiary/aromatic N) is 1. The molecule has 0 bridgehead atoms. The van der Waals surface area contributed by atoms with Gasteiger partial charge in [0.15, 0.2) is 0 Å². The monoisotopic (exact) mass is 293 g/mol. The molecular formula is C18H15NO3. The van der Waals surface area contributed by atoms with E-state index in [1.54, 1.807) is 6.07 Å². The molecule has 3 aromatic rings. The molecule has 4 nitrogen and oxygen atoms in total. The molecule has 0 aliphatic heterocycles. The Morgan fingerprint density at radius 2 is 1.86 bits per heavy atom. The number of benzene rings is 2. The Morgan fingerprint density at radius 1 is 1.14 bits per heavy atom. The first kappa shape index (κ1) is 14.1. The molecule has 110 valence electrons. The van der Waals surface area contributed by atoms with Crippen LogP contribution >= 0.6 is 0 Å². The van der Waals surface area contributed by atoms with Crippen LogP contribution in [0, 0.1) is 6.92 Å². The third-order valence-electron chi connectivity index (χ3n) is 3.64. The van der Waals surface area contributed by atoms with E-state index in [9.17, 15) is 9.59 Å². The van der Waals surface area contributed by atoms with Crippen LogP contribution in [0.4, 0.5) is 0 Å². The van der Waals surface area contributed by atoms with Crippen LogP contribution in [-0.4, -0.2) is 17.0 Å². The van der Waals surface area contributed by atoms with Crippen molar-refractivity contribution in [3.8, 4) is 0 Å². The molecule has 0 aliphatic carbocycles. The van der Waals surface area contributed by atoms with Gasteiger partial charge in [-0.15, -0.1) is 0 Å². The van der Waals surface area contributed by atoms with Crippen LogP contribution in [0.1, 0.15) is 21.6 Å². The first-order chi connectivity index (χ1) is 10.7. The number of hydrogen-bond donors (Lipinski definition) is 0. The van der Waals surface area contributed by atoms with Crippen LogP contribution in [0.5, 0.6) is 0 Å². The number of ether oxygens (including phenoxy) is 1. The predicted octanol–water partition coefficient (Wildman–Crippen LogP) is 3.31. The van der Waals surface area contributed by atoms with E-state index in [2.05, 4.69) is 4.74 Å². The zero-order chi connectivity index (χ0) is 15.5. The Bertz CT molecular complexity index is 831. The summed E-state index contributed by atoms with van der Waals surface area (Å²) in [5.74, 6) is -0.640. The molecule has 0 unspecified atom stereocenters. The summed E-state index contributed by atoms with van der Waals surface area (Å²) in [6.45, 7) is 2.73. The summed E-state index contributed by atoms with van der Waals surface area (Å²) >= 11 is 0. The molecule has 0 amide bonds. The summed E-state index contributed by atoms with van der Waals surface area (Å²) in [4.78, 5) is 22.5. The van der Waals surface area contributed by atoms with Gasteiger partial charge in [0.1, 0.15) is 5.69 Å². The number of hydrogen-bond acceptors (Lipinski definition) is 3. The molecule has 0 aliphatic rings. The third kappa shape index (κ3) is 2.63. The van der Waals surface area contributed by atoms with Gasteiger partial charge in [0, 0.05) is 17.4 Å². The van der Waals surface area contributed by atoms with Crippen LogP contribution in [0.15, 0.2) is 54.6 Å². The van der Waals surface area contributed by atoms with Gasteiger partial charge in [-0.3, -0.25) is 4.79 Å². The molecule has 3 rings (SSSR count). The fraction of sp³-hybridized carbons (Fsp3) is 0.111. The van der Waals surface area contributed by atoms with E-state index in [0.29, 0.717) is 12.2 Å². The lowest BCUT2D eigenvalue weighted by Crippen LogP contribution is -2.12. The van der Waals surface area contributed by atoms with Crippen LogP contribution < -0.4 is 0 Å². The number of aryl methyl sites for hydroxylation is 1.